The van der Waals surface area contributed by atoms with Crippen molar-refractivity contribution in [3.8, 4) is 0 Å². The summed E-state index contributed by atoms with van der Waals surface area (Å²) in [5, 5.41) is 0. The Hall–Kier alpha value is -2.60. The van der Waals surface area contributed by atoms with E-state index >= 15 is 0 Å². The Kier molecular flexibility index (Phi) is 6.19. The van der Waals surface area contributed by atoms with Gasteiger partial charge in [-0.05, 0) is 25.0 Å². The number of aryl methyl sites for hydroxylation is 2. The van der Waals surface area contributed by atoms with Gasteiger partial charge in [0.2, 0.25) is 0 Å². The zero-order chi connectivity index (χ0) is 15.6. The molecule has 0 radical (unpaired) electrons. The predicted molar refractivity (Wildman–Crippen MR) is 98.7 cm³/mol. The van der Waals surface area contributed by atoms with Gasteiger partial charge in [-0.25, -0.2) is 0 Å². The van der Waals surface area contributed by atoms with Gasteiger partial charge in [-0.1, -0.05) is 108 Å². The first-order valence-corrected chi connectivity index (χ1v) is 7.55. The molecule has 0 saturated heterocycles. The summed E-state index contributed by atoms with van der Waals surface area (Å²) < 4.78 is 0. The van der Waals surface area contributed by atoms with E-state index in [9.17, 15) is 0 Å². The fraction of sp³-hybridized carbons (Fsp3) is 0.0909. The Morgan fingerprint density at radius 3 is 1.14 bits per heavy atom. The number of rotatable bonds is 5. The molecule has 2 aromatic rings. The highest BCUT2D eigenvalue weighted by molar-refractivity contribution is 5.52. The third-order valence-corrected chi connectivity index (χ3v) is 3.29. The van der Waals surface area contributed by atoms with E-state index in [-0.39, 0.29) is 0 Å². The van der Waals surface area contributed by atoms with E-state index in [1.54, 1.807) is 0 Å². The van der Waals surface area contributed by atoms with Crippen LogP contribution in [0.2, 0.25) is 0 Å². The van der Waals surface area contributed by atoms with Crippen molar-refractivity contribution < 1.29 is 0 Å². The average Bonchev–Trinajstić information content (AvgIpc) is 2.53. The lowest BCUT2D eigenvalue weighted by Gasteiger charge is -1.93. The van der Waals surface area contributed by atoms with Crippen LogP contribution in [0.15, 0.2) is 85.0 Å². The lowest BCUT2D eigenvalue weighted by molar-refractivity contribution is 1.46. The van der Waals surface area contributed by atoms with Crippen molar-refractivity contribution in [2.24, 2.45) is 0 Å². The van der Waals surface area contributed by atoms with Crippen molar-refractivity contribution in [1.29, 1.82) is 0 Å². The van der Waals surface area contributed by atoms with Gasteiger partial charge in [0.15, 0.2) is 0 Å². The molecule has 0 aromatic heterocycles. The monoisotopic (exact) mass is 286 g/mol. The molecule has 0 saturated carbocycles. The van der Waals surface area contributed by atoms with E-state index < -0.39 is 0 Å². The summed E-state index contributed by atoms with van der Waals surface area (Å²) >= 11 is 0. The molecule has 0 aliphatic heterocycles. The van der Waals surface area contributed by atoms with Gasteiger partial charge >= 0.3 is 0 Å². The number of hydrogen-bond acceptors (Lipinski definition) is 0. The topological polar surface area (TPSA) is 0 Å². The first-order valence-electron chi connectivity index (χ1n) is 7.55. The molecule has 22 heavy (non-hydrogen) atoms. The third-order valence-electron chi connectivity index (χ3n) is 3.29. The van der Waals surface area contributed by atoms with Crippen LogP contribution in [0, 0.1) is 13.8 Å². The highest BCUT2D eigenvalue weighted by Gasteiger charge is 1.85. The van der Waals surface area contributed by atoms with Crippen LogP contribution in [0.1, 0.15) is 22.3 Å². The second kappa shape index (κ2) is 8.63. The fourth-order valence-corrected chi connectivity index (χ4v) is 1.95. The number of benzene rings is 2. The molecular weight excluding hydrogens is 264 g/mol. The number of hydrogen-bond donors (Lipinski definition) is 0. The molecule has 0 nitrogen and oxygen atoms in total. The standard InChI is InChI=1S/C22H22/c1-19-11-15-21(16-12-19)9-7-5-3-4-6-8-10-22-17-13-20(2)14-18-22/h3-18H,1-2H3/b5-3+,6-4+,9-7+,10-8+. The van der Waals surface area contributed by atoms with Gasteiger partial charge in [-0.2, -0.15) is 0 Å². The highest BCUT2D eigenvalue weighted by Crippen LogP contribution is 2.06. The largest absolute Gasteiger partial charge is 0.0623 e. The second-order valence-corrected chi connectivity index (χ2v) is 5.31. The van der Waals surface area contributed by atoms with E-state index in [1.807, 2.05) is 24.3 Å². The molecule has 0 fully saturated rings. The van der Waals surface area contributed by atoms with Crippen LogP contribution >= 0.6 is 0 Å². The lowest BCUT2D eigenvalue weighted by Crippen LogP contribution is -1.72. The molecular formula is C22H22. The summed E-state index contributed by atoms with van der Waals surface area (Å²) in [6.45, 7) is 4.20. The first kappa shape index (κ1) is 15.8. The zero-order valence-corrected chi connectivity index (χ0v) is 13.2. The minimum atomic E-state index is 1.22. The maximum Gasteiger partial charge on any atom is -0.0256 e. The summed E-state index contributed by atoms with van der Waals surface area (Å²) in [5.41, 5.74) is 5.02. The molecule has 0 unspecified atom stereocenters. The average molecular weight is 286 g/mol. The summed E-state index contributed by atoms with van der Waals surface area (Å²) in [6, 6.07) is 17.0. The van der Waals surface area contributed by atoms with Crippen LogP contribution in [-0.4, -0.2) is 0 Å². The normalized spacial score (nSPS) is 12.3. The van der Waals surface area contributed by atoms with Gasteiger partial charge in [-0.15, -0.1) is 0 Å². The molecule has 2 rings (SSSR count). The van der Waals surface area contributed by atoms with Crippen LogP contribution in [0.3, 0.4) is 0 Å². The van der Waals surface area contributed by atoms with Crippen molar-refractivity contribution in [2.75, 3.05) is 0 Å². The van der Waals surface area contributed by atoms with Crippen molar-refractivity contribution >= 4 is 12.2 Å². The SMILES string of the molecule is Cc1ccc(/C=C/C=C/C=C/C=C/c2ccc(C)cc2)cc1. The van der Waals surface area contributed by atoms with Gasteiger partial charge in [0.25, 0.3) is 0 Å². The molecule has 2 aromatic carbocycles. The van der Waals surface area contributed by atoms with E-state index in [4.69, 9.17) is 0 Å². The maximum absolute atomic E-state index is 2.12. The van der Waals surface area contributed by atoms with Crippen LogP contribution in [0.5, 0.6) is 0 Å². The quantitative estimate of drug-likeness (QED) is 0.579. The molecule has 0 spiro atoms. The van der Waals surface area contributed by atoms with Crippen molar-refractivity contribution in [2.45, 2.75) is 13.8 Å². The Morgan fingerprint density at radius 1 is 0.455 bits per heavy atom. The number of allylic oxidation sites excluding steroid dienone is 6. The van der Waals surface area contributed by atoms with Crippen LogP contribution in [0.4, 0.5) is 0 Å². The van der Waals surface area contributed by atoms with E-state index in [2.05, 4.69) is 86.7 Å². The molecule has 0 heteroatoms. The molecule has 0 aliphatic carbocycles. The Balaban J connectivity index is 1.79. The Bertz CT molecular complexity index is 614. The summed E-state index contributed by atoms with van der Waals surface area (Å²) in [6.07, 6.45) is 16.5. The fourth-order valence-electron chi connectivity index (χ4n) is 1.95. The first-order chi connectivity index (χ1) is 10.7. The molecule has 0 N–H and O–H groups in total. The maximum atomic E-state index is 2.12. The summed E-state index contributed by atoms with van der Waals surface area (Å²) in [7, 11) is 0. The highest BCUT2D eigenvalue weighted by atomic mass is 13.9. The van der Waals surface area contributed by atoms with Crippen molar-refractivity contribution in [3.63, 3.8) is 0 Å². The van der Waals surface area contributed by atoms with E-state index in [1.165, 1.54) is 22.3 Å². The van der Waals surface area contributed by atoms with Gasteiger partial charge in [0, 0.05) is 0 Å². The minimum Gasteiger partial charge on any atom is -0.0623 e. The summed E-state index contributed by atoms with van der Waals surface area (Å²) in [5.74, 6) is 0. The molecule has 110 valence electrons. The van der Waals surface area contributed by atoms with Gasteiger partial charge in [0.05, 0.1) is 0 Å². The lowest BCUT2D eigenvalue weighted by atomic mass is 10.1. The molecule has 0 amide bonds. The van der Waals surface area contributed by atoms with Crippen molar-refractivity contribution in [3.05, 3.63) is 107 Å². The zero-order valence-electron chi connectivity index (χ0n) is 13.2. The van der Waals surface area contributed by atoms with Crippen molar-refractivity contribution in [1.82, 2.24) is 0 Å². The predicted octanol–water partition coefficient (Wildman–Crippen LogP) is 6.14. The molecule has 0 heterocycles. The molecule has 0 atom stereocenters. The Morgan fingerprint density at radius 2 is 0.773 bits per heavy atom. The molecule has 0 bridgehead atoms. The summed E-state index contributed by atoms with van der Waals surface area (Å²) in [4.78, 5) is 0. The molecule has 0 aliphatic rings. The van der Waals surface area contributed by atoms with Gasteiger partial charge < -0.3 is 0 Å². The smallest absolute Gasteiger partial charge is 0.0256 e. The minimum absolute atomic E-state index is 1.22. The third kappa shape index (κ3) is 5.80. The van der Waals surface area contributed by atoms with E-state index in [0.717, 1.165) is 0 Å². The van der Waals surface area contributed by atoms with Crippen LogP contribution in [0.25, 0.3) is 12.2 Å². The van der Waals surface area contributed by atoms with Gasteiger partial charge in [0.1, 0.15) is 0 Å². The van der Waals surface area contributed by atoms with Crippen LogP contribution < -0.4 is 0 Å². The van der Waals surface area contributed by atoms with E-state index in [0.29, 0.717) is 0 Å². The second-order valence-electron chi connectivity index (χ2n) is 5.31. The van der Waals surface area contributed by atoms with Gasteiger partial charge in [-0.3, -0.25) is 0 Å². The Labute approximate surface area is 133 Å². The van der Waals surface area contributed by atoms with Crippen LogP contribution in [-0.2, 0) is 0 Å².